The van der Waals surface area contributed by atoms with Crippen LogP contribution in [0.25, 0.3) is 0 Å². The highest BCUT2D eigenvalue weighted by Crippen LogP contribution is 2.09. The molecule has 0 atom stereocenters. The Hall–Kier alpha value is -2.23. The fourth-order valence-electron chi connectivity index (χ4n) is 1.73. The van der Waals surface area contributed by atoms with E-state index in [9.17, 15) is 13.6 Å². The summed E-state index contributed by atoms with van der Waals surface area (Å²) >= 11 is 0. The third-order valence-electron chi connectivity index (χ3n) is 2.72. The topological polar surface area (TPSA) is 29.1 Å². The molecule has 4 heteroatoms. The SMILES string of the molecule is O=C(NCCc1ccccc1)c1cc(F)ccc1F. The molecule has 2 aromatic carbocycles. The van der Waals surface area contributed by atoms with E-state index in [-0.39, 0.29) is 5.56 Å². The summed E-state index contributed by atoms with van der Waals surface area (Å²) < 4.78 is 26.3. The standard InChI is InChI=1S/C15H13F2NO/c16-12-6-7-14(17)13(10-12)15(19)18-9-8-11-4-2-1-3-5-11/h1-7,10H,8-9H2,(H,18,19). The summed E-state index contributed by atoms with van der Waals surface area (Å²) in [5.74, 6) is -1.96. The molecule has 98 valence electrons. The number of carbonyl (C=O) groups excluding carboxylic acids is 1. The maximum Gasteiger partial charge on any atom is 0.254 e. The van der Waals surface area contributed by atoms with E-state index in [0.29, 0.717) is 13.0 Å². The molecular formula is C15H13F2NO. The Morgan fingerprint density at radius 2 is 1.79 bits per heavy atom. The monoisotopic (exact) mass is 261 g/mol. The summed E-state index contributed by atoms with van der Waals surface area (Å²) in [5.41, 5.74) is 0.801. The van der Waals surface area contributed by atoms with Gasteiger partial charge in [0.25, 0.3) is 5.91 Å². The number of halogens is 2. The zero-order chi connectivity index (χ0) is 13.7. The van der Waals surface area contributed by atoms with E-state index in [1.807, 2.05) is 30.3 Å². The fourth-order valence-corrected chi connectivity index (χ4v) is 1.73. The molecule has 0 saturated heterocycles. The van der Waals surface area contributed by atoms with E-state index in [1.165, 1.54) is 0 Å². The molecule has 2 nitrogen and oxygen atoms in total. The van der Waals surface area contributed by atoms with Crippen molar-refractivity contribution in [2.24, 2.45) is 0 Å². The molecule has 0 aliphatic heterocycles. The predicted molar refractivity (Wildman–Crippen MR) is 68.8 cm³/mol. The normalized spacial score (nSPS) is 10.2. The van der Waals surface area contributed by atoms with Gasteiger partial charge >= 0.3 is 0 Å². The maximum absolute atomic E-state index is 13.3. The Morgan fingerprint density at radius 1 is 1.05 bits per heavy atom. The van der Waals surface area contributed by atoms with E-state index < -0.39 is 17.5 Å². The summed E-state index contributed by atoms with van der Waals surface area (Å²) in [4.78, 5) is 11.7. The zero-order valence-corrected chi connectivity index (χ0v) is 10.2. The third-order valence-corrected chi connectivity index (χ3v) is 2.72. The number of nitrogens with one attached hydrogen (secondary N) is 1. The van der Waals surface area contributed by atoms with E-state index >= 15 is 0 Å². The van der Waals surface area contributed by atoms with Crippen LogP contribution in [-0.2, 0) is 6.42 Å². The van der Waals surface area contributed by atoms with E-state index in [4.69, 9.17) is 0 Å². The number of amides is 1. The molecule has 0 spiro atoms. The van der Waals surface area contributed by atoms with Crippen molar-refractivity contribution in [3.05, 3.63) is 71.3 Å². The summed E-state index contributed by atoms with van der Waals surface area (Å²) in [6.45, 7) is 0.374. The van der Waals surface area contributed by atoms with Crippen LogP contribution in [0.2, 0.25) is 0 Å². The number of hydrogen-bond donors (Lipinski definition) is 1. The zero-order valence-electron chi connectivity index (χ0n) is 10.2. The lowest BCUT2D eigenvalue weighted by Crippen LogP contribution is -2.26. The van der Waals surface area contributed by atoms with Crippen molar-refractivity contribution in [2.75, 3.05) is 6.54 Å². The van der Waals surface area contributed by atoms with E-state index in [0.717, 1.165) is 23.8 Å². The smallest absolute Gasteiger partial charge is 0.254 e. The Labute approximate surface area is 110 Å². The first-order valence-electron chi connectivity index (χ1n) is 5.94. The summed E-state index contributed by atoms with van der Waals surface area (Å²) in [7, 11) is 0. The van der Waals surface area contributed by atoms with Crippen molar-refractivity contribution in [2.45, 2.75) is 6.42 Å². The lowest BCUT2D eigenvalue weighted by atomic mass is 10.1. The van der Waals surface area contributed by atoms with Gasteiger partial charge in [-0.2, -0.15) is 0 Å². The molecule has 2 aromatic rings. The summed E-state index contributed by atoms with van der Waals surface area (Å²) in [5, 5.41) is 2.57. The first-order chi connectivity index (χ1) is 9.16. The fraction of sp³-hybridized carbons (Fsp3) is 0.133. The van der Waals surface area contributed by atoms with Gasteiger partial charge in [0.2, 0.25) is 0 Å². The lowest BCUT2D eigenvalue weighted by molar-refractivity contribution is 0.0949. The van der Waals surface area contributed by atoms with Crippen molar-refractivity contribution in [3.63, 3.8) is 0 Å². The van der Waals surface area contributed by atoms with Gasteiger partial charge in [-0.3, -0.25) is 4.79 Å². The van der Waals surface area contributed by atoms with Crippen molar-refractivity contribution in [3.8, 4) is 0 Å². The van der Waals surface area contributed by atoms with Crippen LogP contribution in [0, 0.1) is 11.6 Å². The number of rotatable bonds is 4. The second-order valence-electron chi connectivity index (χ2n) is 4.12. The summed E-state index contributed by atoms with van der Waals surface area (Å²) in [6, 6.07) is 12.4. The average Bonchev–Trinajstić information content (AvgIpc) is 2.42. The minimum Gasteiger partial charge on any atom is -0.352 e. The van der Waals surface area contributed by atoms with Gasteiger partial charge in [-0.25, -0.2) is 8.78 Å². The van der Waals surface area contributed by atoms with Crippen LogP contribution in [-0.4, -0.2) is 12.5 Å². The van der Waals surface area contributed by atoms with Gasteiger partial charge in [-0.05, 0) is 30.2 Å². The Kier molecular flexibility index (Phi) is 4.23. The molecule has 0 radical (unpaired) electrons. The number of carbonyl (C=O) groups is 1. The number of benzene rings is 2. The second-order valence-corrected chi connectivity index (χ2v) is 4.12. The van der Waals surface area contributed by atoms with Crippen molar-refractivity contribution in [1.29, 1.82) is 0 Å². The van der Waals surface area contributed by atoms with Gasteiger partial charge in [0.15, 0.2) is 0 Å². The van der Waals surface area contributed by atoms with Crippen LogP contribution in [0.4, 0.5) is 8.78 Å². The molecule has 0 fully saturated rings. The summed E-state index contributed by atoms with van der Waals surface area (Å²) in [6.07, 6.45) is 0.642. The van der Waals surface area contributed by atoms with Gasteiger partial charge in [-0.15, -0.1) is 0 Å². The second kappa shape index (κ2) is 6.09. The van der Waals surface area contributed by atoms with Gasteiger partial charge in [0.05, 0.1) is 5.56 Å². The minimum absolute atomic E-state index is 0.270. The lowest BCUT2D eigenvalue weighted by Gasteiger charge is -2.06. The molecule has 0 bridgehead atoms. The largest absolute Gasteiger partial charge is 0.352 e. The van der Waals surface area contributed by atoms with Crippen LogP contribution in [0.5, 0.6) is 0 Å². The molecule has 1 N–H and O–H groups in total. The van der Waals surface area contributed by atoms with Crippen molar-refractivity contribution < 1.29 is 13.6 Å². The predicted octanol–water partition coefficient (Wildman–Crippen LogP) is 2.94. The van der Waals surface area contributed by atoms with Crippen LogP contribution in [0.3, 0.4) is 0 Å². The molecule has 0 unspecified atom stereocenters. The van der Waals surface area contributed by atoms with Gasteiger partial charge in [-0.1, -0.05) is 30.3 Å². The van der Waals surface area contributed by atoms with Gasteiger partial charge in [0, 0.05) is 6.54 Å². The van der Waals surface area contributed by atoms with E-state index in [1.54, 1.807) is 0 Å². The highest BCUT2D eigenvalue weighted by Gasteiger charge is 2.11. The molecule has 1 amide bonds. The molecule has 0 saturated carbocycles. The van der Waals surface area contributed by atoms with Crippen LogP contribution >= 0.6 is 0 Å². The Morgan fingerprint density at radius 3 is 2.53 bits per heavy atom. The van der Waals surface area contributed by atoms with Crippen LogP contribution in [0.15, 0.2) is 48.5 Å². The maximum atomic E-state index is 13.3. The molecule has 0 heterocycles. The molecule has 0 aliphatic rings. The highest BCUT2D eigenvalue weighted by atomic mass is 19.1. The first kappa shape index (κ1) is 13.2. The number of hydrogen-bond acceptors (Lipinski definition) is 1. The third kappa shape index (κ3) is 3.61. The van der Waals surface area contributed by atoms with Crippen molar-refractivity contribution >= 4 is 5.91 Å². The van der Waals surface area contributed by atoms with Crippen LogP contribution < -0.4 is 5.32 Å². The highest BCUT2D eigenvalue weighted by molar-refractivity contribution is 5.94. The first-order valence-corrected chi connectivity index (χ1v) is 5.94. The van der Waals surface area contributed by atoms with Gasteiger partial charge in [0.1, 0.15) is 11.6 Å². The van der Waals surface area contributed by atoms with Gasteiger partial charge < -0.3 is 5.32 Å². The van der Waals surface area contributed by atoms with Crippen molar-refractivity contribution in [1.82, 2.24) is 5.32 Å². The quantitative estimate of drug-likeness (QED) is 0.900. The Bertz CT molecular complexity index is 570. The molecule has 0 aromatic heterocycles. The molecular weight excluding hydrogens is 248 g/mol. The molecule has 2 rings (SSSR count). The molecule has 0 aliphatic carbocycles. The molecule has 19 heavy (non-hydrogen) atoms. The minimum atomic E-state index is -0.724. The van der Waals surface area contributed by atoms with E-state index in [2.05, 4.69) is 5.32 Å². The van der Waals surface area contributed by atoms with Crippen LogP contribution in [0.1, 0.15) is 15.9 Å². The Balaban J connectivity index is 1.93. The average molecular weight is 261 g/mol.